The Labute approximate surface area is 102 Å². The highest BCUT2D eigenvalue weighted by atomic mass is 32.2. The molecule has 2 aliphatic rings. The average molecular weight is 243 g/mol. The van der Waals surface area contributed by atoms with E-state index >= 15 is 0 Å². The van der Waals surface area contributed by atoms with Gasteiger partial charge in [0.15, 0.2) is 0 Å². The second kappa shape index (κ2) is 5.89. The average Bonchev–Trinajstić information content (AvgIpc) is 2.33. The molecular weight excluding hydrogens is 222 g/mol. The monoisotopic (exact) mass is 243 g/mol. The lowest BCUT2D eigenvalue weighted by molar-refractivity contribution is -0.123. The lowest BCUT2D eigenvalue weighted by Gasteiger charge is -2.31. The van der Waals surface area contributed by atoms with E-state index in [4.69, 9.17) is 0 Å². The van der Waals surface area contributed by atoms with Crippen molar-refractivity contribution < 1.29 is 4.79 Å². The summed E-state index contributed by atoms with van der Waals surface area (Å²) >= 11 is 1.86. The Morgan fingerprint density at radius 2 is 2.19 bits per heavy atom. The SMILES string of the molecule is CN1CCC(NC(=O)C2CSCCN2)CC1. The van der Waals surface area contributed by atoms with Gasteiger partial charge in [-0.05, 0) is 33.0 Å². The normalized spacial score (nSPS) is 28.9. The van der Waals surface area contributed by atoms with Gasteiger partial charge in [-0.1, -0.05) is 0 Å². The van der Waals surface area contributed by atoms with E-state index in [0.717, 1.165) is 44.0 Å². The molecule has 0 aromatic heterocycles. The van der Waals surface area contributed by atoms with Crippen LogP contribution in [0, 0.1) is 0 Å². The van der Waals surface area contributed by atoms with E-state index in [-0.39, 0.29) is 11.9 Å². The molecule has 4 nitrogen and oxygen atoms in total. The number of piperidine rings is 1. The molecule has 2 heterocycles. The zero-order valence-electron chi connectivity index (χ0n) is 9.87. The van der Waals surface area contributed by atoms with E-state index in [9.17, 15) is 4.79 Å². The summed E-state index contributed by atoms with van der Waals surface area (Å²) in [6.45, 7) is 3.14. The van der Waals surface area contributed by atoms with Crippen LogP contribution in [0.1, 0.15) is 12.8 Å². The molecule has 0 aromatic rings. The minimum atomic E-state index is 0.0263. The number of likely N-dealkylation sites (tertiary alicyclic amines) is 1. The first kappa shape index (κ1) is 12.2. The van der Waals surface area contributed by atoms with E-state index in [1.807, 2.05) is 11.8 Å². The van der Waals surface area contributed by atoms with Gasteiger partial charge in [-0.25, -0.2) is 0 Å². The third-order valence-electron chi connectivity index (χ3n) is 3.30. The molecule has 0 bridgehead atoms. The molecule has 1 atom stereocenters. The Balaban J connectivity index is 1.73. The number of carbonyl (C=O) groups excluding carboxylic acids is 1. The van der Waals surface area contributed by atoms with Gasteiger partial charge < -0.3 is 15.5 Å². The molecule has 2 aliphatic heterocycles. The highest BCUT2D eigenvalue weighted by Crippen LogP contribution is 2.11. The van der Waals surface area contributed by atoms with E-state index in [0.29, 0.717) is 6.04 Å². The molecule has 2 saturated heterocycles. The van der Waals surface area contributed by atoms with Crippen molar-refractivity contribution in [2.24, 2.45) is 0 Å². The Morgan fingerprint density at radius 1 is 1.44 bits per heavy atom. The van der Waals surface area contributed by atoms with Crippen molar-refractivity contribution >= 4 is 17.7 Å². The molecule has 0 aromatic carbocycles. The fourth-order valence-electron chi connectivity index (χ4n) is 2.19. The van der Waals surface area contributed by atoms with E-state index in [1.165, 1.54) is 0 Å². The van der Waals surface area contributed by atoms with Gasteiger partial charge in [-0.2, -0.15) is 11.8 Å². The maximum atomic E-state index is 11.9. The highest BCUT2D eigenvalue weighted by molar-refractivity contribution is 7.99. The first-order valence-electron chi connectivity index (χ1n) is 6.06. The number of hydrogen-bond acceptors (Lipinski definition) is 4. The zero-order valence-corrected chi connectivity index (χ0v) is 10.7. The highest BCUT2D eigenvalue weighted by Gasteiger charge is 2.24. The van der Waals surface area contributed by atoms with Crippen LogP contribution in [-0.4, -0.2) is 61.1 Å². The molecule has 0 aliphatic carbocycles. The first-order chi connectivity index (χ1) is 7.75. The van der Waals surface area contributed by atoms with Gasteiger partial charge >= 0.3 is 0 Å². The van der Waals surface area contributed by atoms with Crippen molar-refractivity contribution in [2.75, 3.05) is 38.2 Å². The fraction of sp³-hybridized carbons (Fsp3) is 0.909. The Kier molecular flexibility index (Phi) is 4.49. The molecule has 5 heteroatoms. The van der Waals surface area contributed by atoms with Gasteiger partial charge in [-0.15, -0.1) is 0 Å². The molecule has 2 fully saturated rings. The lowest BCUT2D eigenvalue weighted by atomic mass is 10.1. The largest absolute Gasteiger partial charge is 0.352 e. The van der Waals surface area contributed by atoms with Crippen LogP contribution in [-0.2, 0) is 4.79 Å². The number of hydrogen-bond donors (Lipinski definition) is 2. The molecule has 1 amide bonds. The number of carbonyl (C=O) groups is 1. The van der Waals surface area contributed by atoms with Crippen molar-refractivity contribution in [2.45, 2.75) is 24.9 Å². The maximum absolute atomic E-state index is 11.9. The second-order valence-corrected chi connectivity index (χ2v) is 5.82. The van der Waals surface area contributed by atoms with Crippen molar-refractivity contribution in [3.05, 3.63) is 0 Å². The molecule has 1 unspecified atom stereocenters. The number of nitrogens with zero attached hydrogens (tertiary/aromatic N) is 1. The van der Waals surface area contributed by atoms with E-state index < -0.39 is 0 Å². The van der Waals surface area contributed by atoms with E-state index in [2.05, 4.69) is 22.6 Å². The molecule has 2 rings (SSSR count). The molecular formula is C11H21N3OS. The van der Waals surface area contributed by atoms with Crippen LogP contribution in [0.3, 0.4) is 0 Å². The number of thioether (sulfide) groups is 1. The third-order valence-corrected chi connectivity index (χ3v) is 4.36. The second-order valence-electron chi connectivity index (χ2n) is 4.67. The lowest BCUT2D eigenvalue weighted by Crippen LogP contribution is -2.53. The maximum Gasteiger partial charge on any atom is 0.238 e. The van der Waals surface area contributed by atoms with Crippen LogP contribution in [0.25, 0.3) is 0 Å². The summed E-state index contributed by atoms with van der Waals surface area (Å²) in [7, 11) is 2.14. The van der Waals surface area contributed by atoms with Gasteiger partial charge in [0.2, 0.25) is 5.91 Å². The van der Waals surface area contributed by atoms with Gasteiger partial charge in [0.25, 0.3) is 0 Å². The van der Waals surface area contributed by atoms with Crippen LogP contribution in [0.15, 0.2) is 0 Å². The van der Waals surface area contributed by atoms with Gasteiger partial charge in [-0.3, -0.25) is 4.79 Å². The molecule has 0 radical (unpaired) electrons. The van der Waals surface area contributed by atoms with Crippen LogP contribution in [0.2, 0.25) is 0 Å². The summed E-state index contributed by atoms with van der Waals surface area (Å²) in [5.74, 6) is 2.23. The molecule has 92 valence electrons. The zero-order chi connectivity index (χ0) is 11.4. The summed E-state index contributed by atoms with van der Waals surface area (Å²) in [6, 6.07) is 0.413. The summed E-state index contributed by atoms with van der Waals surface area (Å²) in [6.07, 6.45) is 2.17. The standard InChI is InChI=1S/C11H21N3OS/c1-14-5-2-9(3-6-14)13-11(15)10-8-16-7-4-12-10/h9-10,12H,2-8H2,1H3,(H,13,15). The summed E-state index contributed by atoms with van der Waals surface area (Å²) < 4.78 is 0. The van der Waals surface area contributed by atoms with Crippen molar-refractivity contribution in [1.29, 1.82) is 0 Å². The Hall–Kier alpha value is -0.260. The molecule has 0 saturated carbocycles. The topological polar surface area (TPSA) is 44.4 Å². The molecule has 2 N–H and O–H groups in total. The predicted molar refractivity (Wildman–Crippen MR) is 67.8 cm³/mol. The fourth-order valence-corrected chi connectivity index (χ4v) is 3.12. The van der Waals surface area contributed by atoms with Crippen LogP contribution in [0.4, 0.5) is 0 Å². The molecule has 16 heavy (non-hydrogen) atoms. The molecule has 0 spiro atoms. The smallest absolute Gasteiger partial charge is 0.238 e. The predicted octanol–water partition coefficient (Wildman–Crippen LogP) is -0.0982. The van der Waals surface area contributed by atoms with Gasteiger partial charge in [0, 0.05) is 24.1 Å². The van der Waals surface area contributed by atoms with Gasteiger partial charge in [0.05, 0.1) is 6.04 Å². The van der Waals surface area contributed by atoms with Crippen molar-refractivity contribution in [3.63, 3.8) is 0 Å². The number of rotatable bonds is 2. The number of nitrogens with one attached hydrogen (secondary N) is 2. The Bertz CT molecular complexity index is 235. The van der Waals surface area contributed by atoms with Crippen molar-refractivity contribution in [3.8, 4) is 0 Å². The van der Waals surface area contributed by atoms with Crippen LogP contribution >= 0.6 is 11.8 Å². The van der Waals surface area contributed by atoms with Crippen molar-refractivity contribution in [1.82, 2.24) is 15.5 Å². The quantitative estimate of drug-likeness (QED) is 0.711. The van der Waals surface area contributed by atoms with Crippen LogP contribution < -0.4 is 10.6 Å². The minimum Gasteiger partial charge on any atom is -0.352 e. The minimum absolute atomic E-state index is 0.0263. The summed E-state index contributed by atoms with van der Waals surface area (Å²) in [5.41, 5.74) is 0. The third kappa shape index (κ3) is 3.37. The van der Waals surface area contributed by atoms with Crippen LogP contribution in [0.5, 0.6) is 0 Å². The number of amides is 1. The summed E-state index contributed by atoms with van der Waals surface area (Å²) in [4.78, 5) is 14.3. The summed E-state index contributed by atoms with van der Waals surface area (Å²) in [5, 5.41) is 6.44. The van der Waals surface area contributed by atoms with Gasteiger partial charge in [0.1, 0.15) is 0 Å². The first-order valence-corrected chi connectivity index (χ1v) is 7.21. The van der Waals surface area contributed by atoms with E-state index in [1.54, 1.807) is 0 Å². The Morgan fingerprint density at radius 3 is 2.81 bits per heavy atom.